The molecule has 6 heteroatoms. The Hall–Kier alpha value is -2.34. The molecule has 6 nitrogen and oxygen atoms in total. The quantitative estimate of drug-likeness (QED) is 0.916. The van der Waals surface area contributed by atoms with Gasteiger partial charge in [-0.25, -0.2) is 9.97 Å². The van der Waals surface area contributed by atoms with E-state index >= 15 is 0 Å². The predicted molar refractivity (Wildman–Crippen MR) is 85.8 cm³/mol. The standard InChI is InChI=1S/C17H19N3O3/c1-11-5-15-16(23-10-22-15)6-14(11)12-7-18-17(19-8-12)20-4-2-3-13(21)9-20/h5-8,13,21H,2-4,9-10H2,1H3. The molecule has 0 aliphatic carbocycles. The average molecular weight is 313 g/mol. The number of hydrogen-bond donors (Lipinski definition) is 1. The minimum atomic E-state index is -0.289. The number of anilines is 1. The molecule has 1 saturated heterocycles. The van der Waals surface area contributed by atoms with Gasteiger partial charge in [0.05, 0.1) is 6.10 Å². The Kier molecular flexibility index (Phi) is 3.53. The third kappa shape index (κ3) is 2.70. The summed E-state index contributed by atoms with van der Waals surface area (Å²) in [5.74, 6) is 2.21. The van der Waals surface area contributed by atoms with Gasteiger partial charge in [-0.15, -0.1) is 0 Å². The van der Waals surface area contributed by atoms with E-state index in [1.165, 1.54) is 0 Å². The first-order chi connectivity index (χ1) is 11.2. The van der Waals surface area contributed by atoms with E-state index in [0.29, 0.717) is 12.5 Å². The van der Waals surface area contributed by atoms with Crippen LogP contribution in [-0.4, -0.2) is 41.1 Å². The third-order valence-electron chi connectivity index (χ3n) is 4.35. The van der Waals surface area contributed by atoms with Crippen molar-refractivity contribution in [2.45, 2.75) is 25.9 Å². The smallest absolute Gasteiger partial charge is 0.231 e. The van der Waals surface area contributed by atoms with Crippen molar-refractivity contribution in [3.8, 4) is 22.6 Å². The summed E-state index contributed by atoms with van der Waals surface area (Å²) < 4.78 is 10.8. The molecule has 1 atom stereocenters. The highest BCUT2D eigenvalue weighted by molar-refractivity contribution is 5.70. The van der Waals surface area contributed by atoms with Crippen LogP contribution >= 0.6 is 0 Å². The summed E-state index contributed by atoms with van der Waals surface area (Å²) in [6.45, 7) is 3.79. The van der Waals surface area contributed by atoms with Crippen LogP contribution in [0, 0.1) is 6.92 Å². The summed E-state index contributed by atoms with van der Waals surface area (Å²) in [5, 5.41) is 9.78. The molecule has 1 N–H and O–H groups in total. The third-order valence-corrected chi connectivity index (χ3v) is 4.35. The van der Waals surface area contributed by atoms with Gasteiger partial charge < -0.3 is 19.5 Å². The van der Waals surface area contributed by atoms with Crippen molar-refractivity contribution in [2.75, 3.05) is 24.8 Å². The molecule has 0 saturated carbocycles. The Morgan fingerprint density at radius 3 is 2.65 bits per heavy atom. The van der Waals surface area contributed by atoms with E-state index in [2.05, 4.69) is 9.97 Å². The zero-order chi connectivity index (χ0) is 15.8. The van der Waals surface area contributed by atoms with Crippen molar-refractivity contribution in [1.82, 2.24) is 9.97 Å². The number of β-amino-alcohol motifs (C(OH)–C–C–N with tert-alkyl or cyclic N) is 1. The predicted octanol–water partition coefficient (Wildman–Crippen LogP) is 2.14. The van der Waals surface area contributed by atoms with Gasteiger partial charge in [0, 0.05) is 31.0 Å². The Morgan fingerprint density at radius 2 is 1.91 bits per heavy atom. The number of hydrogen-bond acceptors (Lipinski definition) is 6. The van der Waals surface area contributed by atoms with E-state index in [1.54, 1.807) is 0 Å². The number of aromatic nitrogens is 2. The second kappa shape index (κ2) is 5.70. The fraction of sp³-hybridized carbons (Fsp3) is 0.412. The van der Waals surface area contributed by atoms with Gasteiger partial charge in [0.25, 0.3) is 0 Å². The number of aliphatic hydroxyl groups is 1. The van der Waals surface area contributed by atoms with Crippen molar-refractivity contribution in [3.63, 3.8) is 0 Å². The van der Waals surface area contributed by atoms with Gasteiger partial charge >= 0.3 is 0 Å². The van der Waals surface area contributed by atoms with Crippen LogP contribution in [0.25, 0.3) is 11.1 Å². The summed E-state index contributed by atoms with van der Waals surface area (Å²) in [5.41, 5.74) is 3.08. The summed E-state index contributed by atoms with van der Waals surface area (Å²) in [4.78, 5) is 11.0. The van der Waals surface area contributed by atoms with Crippen LogP contribution in [0.2, 0.25) is 0 Å². The van der Waals surface area contributed by atoms with Gasteiger partial charge in [0.1, 0.15) is 0 Å². The lowest BCUT2D eigenvalue weighted by atomic mass is 10.0. The molecule has 2 aliphatic rings. The van der Waals surface area contributed by atoms with E-state index in [9.17, 15) is 5.11 Å². The molecule has 0 amide bonds. The molecular formula is C17H19N3O3. The van der Waals surface area contributed by atoms with Crippen LogP contribution in [-0.2, 0) is 0 Å². The van der Waals surface area contributed by atoms with Gasteiger partial charge in [-0.3, -0.25) is 0 Å². The molecule has 0 radical (unpaired) electrons. The first kappa shape index (κ1) is 14.3. The molecule has 4 rings (SSSR count). The van der Waals surface area contributed by atoms with Crippen molar-refractivity contribution in [1.29, 1.82) is 0 Å². The maximum atomic E-state index is 9.78. The Bertz CT molecular complexity index is 718. The second-order valence-corrected chi connectivity index (χ2v) is 6.03. The van der Waals surface area contributed by atoms with E-state index in [-0.39, 0.29) is 12.9 Å². The molecule has 0 spiro atoms. The maximum absolute atomic E-state index is 9.78. The van der Waals surface area contributed by atoms with Crippen LogP contribution in [0.5, 0.6) is 11.5 Å². The Morgan fingerprint density at radius 1 is 1.17 bits per heavy atom. The molecule has 1 fully saturated rings. The van der Waals surface area contributed by atoms with Crippen LogP contribution < -0.4 is 14.4 Å². The molecule has 1 aromatic heterocycles. The second-order valence-electron chi connectivity index (χ2n) is 6.03. The summed E-state index contributed by atoms with van der Waals surface area (Å²) in [7, 11) is 0. The number of benzene rings is 1. The molecule has 0 bridgehead atoms. The highest BCUT2D eigenvalue weighted by Gasteiger charge is 2.20. The topological polar surface area (TPSA) is 67.7 Å². The molecule has 1 aromatic carbocycles. The SMILES string of the molecule is Cc1cc2c(cc1-c1cnc(N3CCCC(O)C3)nc1)OCO2. The lowest BCUT2D eigenvalue weighted by Crippen LogP contribution is -2.39. The maximum Gasteiger partial charge on any atom is 0.231 e. The summed E-state index contributed by atoms with van der Waals surface area (Å²) in [6, 6.07) is 3.95. The molecule has 2 aliphatic heterocycles. The first-order valence-corrected chi connectivity index (χ1v) is 7.86. The van der Waals surface area contributed by atoms with Crippen molar-refractivity contribution >= 4 is 5.95 Å². The minimum absolute atomic E-state index is 0.269. The largest absolute Gasteiger partial charge is 0.454 e. The fourth-order valence-corrected chi connectivity index (χ4v) is 3.11. The van der Waals surface area contributed by atoms with Crippen molar-refractivity contribution in [3.05, 3.63) is 30.1 Å². The van der Waals surface area contributed by atoms with Gasteiger partial charge in [0.15, 0.2) is 11.5 Å². The monoisotopic (exact) mass is 313 g/mol. The van der Waals surface area contributed by atoms with E-state index in [0.717, 1.165) is 47.6 Å². The zero-order valence-corrected chi connectivity index (χ0v) is 13.0. The first-order valence-electron chi connectivity index (χ1n) is 7.86. The fourth-order valence-electron chi connectivity index (χ4n) is 3.11. The van der Waals surface area contributed by atoms with Crippen molar-refractivity contribution < 1.29 is 14.6 Å². The number of piperidine rings is 1. The Balaban J connectivity index is 1.61. The van der Waals surface area contributed by atoms with Gasteiger partial charge in [-0.2, -0.15) is 0 Å². The lowest BCUT2D eigenvalue weighted by Gasteiger charge is -2.29. The van der Waals surface area contributed by atoms with Gasteiger partial charge in [0.2, 0.25) is 12.7 Å². The summed E-state index contributed by atoms with van der Waals surface area (Å²) >= 11 is 0. The van der Waals surface area contributed by atoms with Crippen LogP contribution in [0.3, 0.4) is 0 Å². The zero-order valence-electron chi connectivity index (χ0n) is 13.0. The van der Waals surface area contributed by atoms with Gasteiger partial charge in [-0.1, -0.05) is 0 Å². The molecular weight excluding hydrogens is 294 g/mol. The van der Waals surface area contributed by atoms with Crippen LogP contribution in [0.1, 0.15) is 18.4 Å². The van der Waals surface area contributed by atoms with E-state index < -0.39 is 0 Å². The average Bonchev–Trinajstić information content (AvgIpc) is 3.01. The van der Waals surface area contributed by atoms with Gasteiger partial charge in [-0.05, 0) is 43.0 Å². The lowest BCUT2D eigenvalue weighted by molar-refractivity contribution is 0.153. The molecule has 120 valence electrons. The minimum Gasteiger partial charge on any atom is -0.454 e. The molecule has 23 heavy (non-hydrogen) atoms. The van der Waals surface area contributed by atoms with Crippen LogP contribution in [0.4, 0.5) is 5.95 Å². The molecule has 2 aromatic rings. The normalized spacial score (nSPS) is 19.9. The molecule has 3 heterocycles. The van der Waals surface area contributed by atoms with E-state index in [4.69, 9.17) is 9.47 Å². The number of nitrogens with zero attached hydrogens (tertiary/aromatic N) is 3. The van der Waals surface area contributed by atoms with Crippen molar-refractivity contribution in [2.24, 2.45) is 0 Å². The number of rotatable bonds is 2. The van der Waals surface area contributed by atoms with Crippen LogP contribution in [0.15, 0.2) is 24.5 Å². The number of aryl methyl sites for hydroxylation is 1. The number of fused-ring (bicyclic) bond motifs is 1. The number of ether oxygens (including phenoxy) is 2. The van der Waals surface area contributed by atoms with E-state index in [1.807, 2.05) is 36.4 Å². The summed E-state index contributed by atoms with van der Waals surface area (Å²) in [6.07, 6.45) is 5.18. The molecule has 1 unspecified atom stereocenters. The number of aliphatic hydroxyl groups excluding tert-OH is 1. The Labute approximate surface area is 134 Å². The highest BCUT2D eigenvalue weighted by Crippen LogP contribution is 2.38. The highest BCUT2D eigenvalue weighted by atomic mass is 16.7.